The van der Waals surface area contributed by atoms with Gasteiger partial charge in [0.15, 0.2) is 0 Å². The zero-order chi connectivity index (χ0) is 11.6. The molecule has 1 aliphatic rings. The molecule has 94 valence electrons. The molecule has 4 nitrogen and oxygen atoms in total. The fourth-order valence-electron chi connectivity index (χ4n) is 1.96. The predicted molar refractivity (Wildman–Crippen MR) is 71.1 cm³/mol. The molecule has 2 rings (SSSR count). The monoisotopic (exact) mass is 255 g/mol. The average molecular weight is 256 g/mol. The van der Waals surface area contributed by atoms with E-state index in [0.717, 1.165) is 31.4 Å². The molecule has 1 aromatic heterocycles. The van der Waals surface area contributed by atoms with Gasteiger partial charge in [0.1, 0.15) is 5.82 Å². The van der Waals surface area contributed by atoms with Crippen LogP contribution in [-0.2, 0) is 4.79 Å². The molecule has 0 atom stereocenters. The van der Waals surface area contributed by atoms with E-state index in [4.69, 9.17) is 5.73 Å². The molecule has 0 aromatic carbocycles. The van der Waals surface area contributed by atoms with E-state index in [0.29, 0.717) is 5.82 Å². The van der Waals surface area contributed by atoms with Gasteiger partial charge in [-0.05, 0) is 31.4 Å². The molecule has 1 aromatic rings. The van der Waals surface area contributed by atoms with Crippen LogP contribution in [0.2, 0.25) is 0 Å². The van der Waals surface area contributed by atoms with Crippen LogP contribution in [-0.4, -0.2) is 10.9 Å². The summed E-state index contributed by atoms with van der Waals surface area (Å²) in [6.07, 6.45) is 5.63. The summed E-state index contributed by atoms with van der Waals surface area (Å²) in [5, 5.41) is 2.90. The van der Waals surface area contributed by atoms with Gasteiger partial charge in [0.2, 0.25) is 5.91 Å². The summed E-state index contributed by atoms with van der Waals surface area (Å²) in [7, 11) is 0. The standard InChI is InChI=1S/C12H17N3O.ClH/c1-2-5-12(6-7-12)11(16)15-9-3-4-10(13)14-8-9;/h3-4,8H,2,5-7H2,1H3,(H2,13,14)(H,15,16);1H. The zero-order valence-corrected chi connectivity index (χ0v) is 10.7. The van der Waals surface area contributed by atoms with E-state index in [2.05, 4.69) is 17.2 Å². The molecular formula is C12H18ClN3O. The molecule has 1 fully saturated rings. The van der Waals surface area contributed by atoms with Crippen LogP contribution in [0.4, 0.5) is 11.5 Å². The topological polar surface area (TPSA) is 68.0 Å². The summed E-state index contributed by atoms with van der Waals surface area (Å²) >= 11 is 0. The van der Waals surface area contributed by atoms with Gasteiger partial charge >= 0.3 is 0 Å². The number of nitrogens with one attached hydrogen (secondary N) is 1. The molecule has 0 unspecified atom stereocenters. The molecule has 1 amide bonds. The molecule has 0 spiro atoms. The number of carbonyl (C=O) groups is 1. The van der Waals surface area contributed by atoms with Gasteiger partial charge in [-0.3, -0.25) is 4.79 Å². The summed E-state index contributed by atoms with van der Waals surface area (Å²) in [4.78, 5) is 15.9. The molecule has 1 saturated carbocycles. The summed E-state index contributed by atoms with van der Waals surface area (Å²) < 4.78 is 0. The Morgan fingerprint density at radius 1 is 1.53 bits per heavy atom. The first-order valence-electron chi connectivity index (χ1n) is 5.69. The van der Waals surface area contributed by atoms with Gasteiger partial charge < -0.3 is 11.1 Å². The second-order valence-electron chi connectivity index (χ2n) is 4.46. The van der Waals surface area contributed by atoms with Crippen molar-refractivity contribution in [1.82, 2.24) is 4.98 Å². The third-order valence-electron chi connectivity index (χ3n) is 3.11. The Labute approximate surface area is 107 Å². The van der Waals surface area contributed by atoms with Gasteiger partial charge in [-0.2, -0.15) is 0 Å². The van der Waals surface area contributed by atoms with Crippen molar-refractivity contribution < 1.29 is 4.79 Å². The fourth-order valence-corrected chi connectivity index (χ4v) is 1.96. The van der Waals surface area contributed by atoms with Gasteiger partial charge in [-0.25, -0.2) is 4.98 Å². The van der Waals surface area contributed by atoms with Crippen molar-refractivity contribution in [3.8, 4) is 0 Å². The predicted octanol–water partition coefficient (Wildman–Crippen LogP) is 2.60. The number of nitrogen functional groups attached to an aromatic ring is 1. The van der Waals surface area contributed by atoms with Crippen LogP contribution in [0.1, 0.15) is 32.6 Å². The van der Waals surface area contributed by atoms with Crippen molar-refractivity contribution >= 4 is 29.8 Å². The van der Waals surface area contributed by atoms with Crippen LogP contribution in [0.5, 0.6) is 0 Å². The number of aromatic nitrogens is 1. The number of rotatable bonds is 4. The minimum Gasteiger partial charge on any atom is -0.384 e. The maximum Gasteiger partial charge on any atom is 0.230 e. The molecule has 5 heteroatoms. The van der Waals surface area contributed by atoms with Crippen LogP contribution >= 0.6 is 12.4 Å². The number of hydrogen-bond donors (Lipinski definition) is 2. The quantitative estimate of drug-likeness (QED) is 0.869. The lowest BCUT2D eigenvalue weighted by Crippen LogP contribution is -2.24. The number of amides is 1. The SMILES string of the molecule is CCCC1(C(=O)Nc2ccc(N)nc2)CC1.Cl. The maximum atomic E-state index is 12.0. The highest BCUT2D eigenvalue weighted by Gasteiger charge is 2.48. The summed E-state index contributed by atoms with van der Waals surface area (Å²) in [5.74, 6) is 0.591. The Balaban J connectivity index is 0.00000144. The van der Waals surface area contributed by atoms with Crippen molar-refractivity contribution in [2.24, 2.45) is 5.41 Å². The normalized spacial score (nSPS) is 15.8. The lowest BCUT2D eigenvalue weighted by molar-refractivity contribution is -0.121. The number of nitrogens with two attached hydrogens (primary N) is 1. The molecule has 3 N–H and O–H groups in total. The summed E-state index contributed by atoms with van der Waals surface area (Å²) in [6.45, 7) is 2.11. The van der Waals surface area contributed by atoms with E-state index in [9.17, 15) is 4.79 Å². The number of carbonyl (C=O) groups excluding carboxylic acids is 1. The second kappa shape index (κ2) is 5.36. The van der Waals surface area contributed by atoms with Crippen LogP contribution in [0.15, 0.2) is 18.3 Å². The molecule has 0 radical (unpaired) electrons. The van der Waals surface area contributed by atoms with Crippen molar-refractivity contribution in [2.45, 2.75) is 32.6 Å². The molecule has 0 saturated heterocycles. The van der Waals surface area contributed by atoms with Crippen LogP contribution in [0.25, 0.3) is 0 Å². The van der Waals surface area contributed by atoms with E-state index in [1.165, 1.54) is 0 Å². The van der Waals surface area contributed by atoms with Crippen molar-refractivity contribution in [2.75, 3.05) is 11.1 Å². The minimum atomic E-state index is -0.101. The summed E-state index contributed by atoms with van der Waals surface area (Å²) in [6, 6.07) is 3.47. The lowest BCUT2D eigenvalue weighted by Gasteiger charge is -2.13. The lowest BCUT2D eigenvalue weighted by atomic mass is 10.00. The molecule has 1 heterocycles. The van der Waals surface area contributed by atoms with E-state index in [1.54, 1.807) is 18.3 Å². The zero-order valence-electron chi connectivity index (χ0n) is 9.90. The molecule has 17 heavy (non-hydrogen) atoms. The number of pyridine rings is 1. The Kier molecular flexibility index (Phi) is 4.34. The first-order chi connectivity index (χ1) is 7.66. The van der Waals surface area contributed by atoms with Crippen LogP contribution in [0.3, 0.4) is 0 Å². The molecule has 1 aliphatic carbocycles. The summed E-state index contributed by atoms with van der Waals surface area (Å²) in [5.41, 5.74) is 6.10. The van der Waals surface area contributed by atoms with Crippen molar-refractivity contribution in [3.63, 3.8) is 0 Å². The van der Waals surface area contributed by atoms with Gasteiger partial charge in [0.05, 0.1) is 11.9 Å². The number of nitrogens with zero attached hydrogens (tertiary/aromatic N) is 1. The first-order valence-corrected chi connectivity index (χ1v) is 5.69. The highest BCUT2D eigenvalue weighted by Crippen LogP contribution is 2.50. The Morgan fingerprint density at radius 3 is 2.71 bits per heavy atom. The van der Waals surface area contributed by atoms with Gasteiger partial charge in [0.25, 0.3) is 0 Å². The highest BCUT2D eigenvalue weighted by molar-refractivity contribution is 5.97. The first kappa shape index (κ1) is 13.8. The third-order valence-corrected chi connectivity index (χ3v) is 3.11. The number of halogens is 1. The van der Waals surface area contributed by atoms with Crippen molar-refractivity contribution in [1.29, 1.82) is 0 Å². The second-order valence-corrected chi connectivity index (χ2v) is 4.46. The van der Waals surface area contributed by atoms with E-state index < -0.39 is 0 Å². The molecule has 0 aliphatic heterocycles. The molecule has 0 bridgehead atoms. The van der Waals surface area contributed by atoms with E-state index in [1.807, 2.05) is 0 Å². The van der Waals surface area contributed by atoms with Gasteiger partial charge in [-0.1, -0.05) is 13.3 Å². The maximum absolute atomic E-state index is 12.0. The van der Waals surface area contributed by atoms with Crippen LogP contribution in [0, 0.1) is 5.41 Å². The van der Waals surface area contributed by atoms with E-state index >= 15 is 0 Å². The van der Waals surface area contributed by atoms with Gasteiger partial charge in [-0.15, -0.1) is 12.4 Å². The van der Waals surface area contributed by atoms with E-state index in [-0.39, 0.29) is 23.7 Å². The Hall–Kier alpha value is -1.29. The smallest absolute Gasteiger partial charge is 0.230 e. The average Bonchev–Trinajstić information content (AvgIpc) is 3.03. The largest absolute Gasteiger partial charge is 0.384 e. The molecular weight excluding hydrogens is 238 g/mol. The number of hydrogen-bond acceptors (Lipinski definition) is 3. The number of anilines is 2. The highest BCUT2D eigenvalue weighted by atomic mass is 35.5. The van der Waals surface area contributed by atoms with Crippen LogP contribution < -0.4 is 11.1 Å². The third kappa shape index (κ3) is 3.09. The van der Waals surface area contributed by atoms with Gasteiger partial charge in [0, 0.05) is 5.41 Å². The Morgan fingerprint density at radius 2 is 2.24 bits per heavy atom. The minimum absolute atomic E-state index is 0. The Bertz CT molecular complexity index is 387. The fraction of sp³-hybridized carbons (Fsp3) is 0.500. The van der Waals surface area contributed by atoms with Crippen molar-refractivity contribution in [3.05, 3.63) is 18.3 Å².